The monoisotopic (exact) mass is 698 g/mol. The number of nitrogens with zero attached hydrogens (tertiary/aromatic N) is 2. The van der Waals surface area contributed by atoms with Crippen molar-refractivity contribution in [3.63, 3.8) is 0 Å². The number of hydrogen-bond donors (Lipinski definition) is 0. The van der Waals surface area contributed by atoms with Crippen molar-refractivity contribution in [2.24, 2.45) is 11.8 Å². The third-order valence-corrected chi connectivity index (χ3v) is 22.2. The Bertz CT molecular complexity index is 1230. The maximum atomic E-state index is 6.85. The molecule has 8 heteroatoms. The van der Waals surface area contributed by atoms with Gasteiger partial charge >= 0.3 is 272 Å². The molecular formula is C35H48Ga2N2O4. The van der Waals surface area contributed by atoms with Gasteiger partial charge in [0.25, 0.3) is 0 Å². The van der Waals surface area contributed by atoms with E-state index in [0.717, 1.165) is 23.3 Å². The van der Waals surface area contributed by atoms with Gasteiger partial charge < -0.3 is 0 Å². The van der Waals surface area contributed by atoms with Crippen LogP contribution in [0, 0.1) is 11.8 Å². The summed E-state index contributed by atoms with van der Waals surface area (Å²) < 4.78 is 32.7. The average molecular weight is 700 g/mol. The van der Waals surface area contributed by atoms with Crippen LogP contribution in [-0.2, 0) is 12.5 Å². The standard InChI is InChI=1S/C15H16O2.2C10H17NO.2Ga/c1-15(2,11-5-3-7-13(16)9-11)12-6-4-8-14(17)10-12;2*1-7-5-6-8-3-2-4-9(12)10(8)11-7;;/h3-10,16-17H,1-2H3;2*7-10H,2-6H2,1H3;;/q;2*-2;2*+3/p-2. The van der Waals surface area contributed by atoms with Crippen molar-refractivity contribution in [2.75, 3.05) is 0 Å². The normalized spacial score (nSPS) is 35.9. The van der Waals surface area contributed by atoms with E-state index < -0.39 is 34.4 Å². The van der Waals surface area contributed by atoms with Crippen molar-refractivity contribution in [3.8, 4) is 11.5 Å². The summed E-state index contributed by atoms with van der Waals surface area (Å²) >= 11 is -5.14. The third-order valence-electron chi connectivity index (χ3n) is 12.1. The molecule has 0 spiro atoms. The topological polar surface area (TPSA) is 43.4 Å². The number of rotatable bonds is 6. The Balaban J connectivity index is 1.00. The average Bonchev–Trinajstić information content (AvgIpc) is 3.57. The van der Waals surface area contributed by atoms with E-state index >= 15 is 0 Å². The Labute approximate surface area is 271 Å². The Morgan fingerprint density at radius 2 is 1.12 bits per heavy atom. The van der Waals surface area contributed by atoms with Crippen LogP contribution in [0.3, 0.4) is 0 Å². The van der Waals surface area contributed by atoms with Gasteiger partial charge in [0.15, 0.2) is 0 Å². The molecule has 6 fully saturated rings. The molecule has 6 nitrogen and oxygen atoms in total. The van der Waals surface area contributed by atoms with Gasteiger partial charge in [0.1, 0.15) is 0 Å². The van der Waals surface area contributed by atoms with Gasteiger partial charge in [-0.15, -0.1) is 0 Å². The summed E-state index contributed by atoms with van der Waals surface area (Å²) in [7, 11) is 0. The number of hydrogen-bond acceptors (Lipinski definition) is 6. The summed E-state index contributed by atoms with van der Waals surface area (Å²) in [5.74, 6) is 3.55. The molecule has 0 bridgehead atoms. The van der Waals surface area contributed by atoms with Crippen LogP contribution >= 0.6 is 0 Å². The van der Waals surface area contributed by atoms with Crippen molar-refractivity contribution < 1.29 is 14.1 Å². The van der Waals surface area contributed by atoms with Crippen LogP contribution in [0.25, 0.3) is 0 Å². The third kappa shape index (κ3) is 5.29. The molecule has 2 aliphatic carbocycles. The van der Waals surface area contributed by atoms with Crippen molar-refractivity contribution in [1.82, 2.24) is 7.21 Å². The van der Waals surface area contributed by atoms with Gasteiger partial charge in [0.05, 0.1) is 0 Å². The van der Waals surface area contributed by atoms with Crippen LogP contribution in [0.1, 0.15) is 103 Å². The predicted molar refractivity (Wildman–Crippen MR) is 171 cm³/mol. The molecule has 4 aliphatic heterocycles. The van der Waals surface area contributed by atoms with Crippen LogP contribution in [0.4, 0.5) is 0 Å². The van der Waals surface area contributed by atoms with Gasteiger partial charge in [-0.3, -0.25) is 0 Å². The minimum atomic E-state index is -2.57. The first-order chi connectivity index (χ1) is 20.9. The summed E-state index contributed by atoms with van der Waals surface area (Å²) in [6, 6.07) is 20.0. The zero-order chi connectivity index (χ0) is 29.3. The van der Waals surface area contributed by atoms with Crippen molar-refractivity contribution in [3.05, 3.63) is 59.7 Å². The van der Waals surface area contributed by atoms with Crippen LogP contribution < -0.4 is 7.06 Å². The molecule has 228 valence electrons. The van der Waals surface area contributed by atoms with Gasteiger partial charge in [-0.25, -0.2) is 0 Å². The van der Waals surface area contributed by atoms with Gasteiger partial charge in [-0.2, -0.15) is 0 Å². The van der Waals surface area contributed by atoms with Crippen molar-refractivity contribution in [1.29, 1.82) is 0 Å². The Morgan fingerprint density at radius 3 is 1.58 bits per heavy atom. The van der Waals surface area contributed by atoms with E-state index in [1.807, 2.05) is 0 Å². The first-order valence-corrected chi connectivity index (χ1v) is 23.4. The molecule has 0 N–H and O–H groups in total. The van der Waals surface area contributed by atoms with E-state index in [4.69, 9.17) is 14.1 Å². The summed E-state index contributed by atoms with van der Waals surface area (Å²) in [6.07, 6.45) is 13.8. The molecule has 8 atom stereocenters. The van der Waals surface area contributed by atoms with Gasteiger partial charge in [-0.1, -0.05) is 0 Å². The number of benzene rings is 2. The first-order valence-electron chi connectivity index (χ1n) is 17.3. The molecule has 0 amide bonds. The van der Waals surface area contributed by atoms with Gasteiger partial charge in [-0.05, 0) is 0 Å². The Kier molecular flexibility index (Phi) is 8.07. The molecule has 2 aromatic carbocycles. The van der Waals surface area contributed by atoms with Crippen LogP contribution in [0.2, 0.25) is 0 Å². The summed E-state index contributed by atoms with van der Waals surface area (Å²) in [6.45, 7) is 9.44. The fourth-order valence-electron chi connectivity index (χ4n) is 9.68. The molecular weight excluding hydrogens is 652 g/mol. The summed E-state index contributed by atoms with van der Waals surface area (Å²) in [5.41, 5.74) is 2.34. The SMILES string of the molecule is CC1CCC2CCCC3[O][Ga]([O]c4cccc(C(C)(C)c5cccc([O][Ga]6[O]C7CCCC8CCC(C)[N]6C87)c5)c4)[N]1C23. The first kappa shape index (κ1) is 29.5. The Morgan fingerprint density at radius 1 is 0.651 bits per heavy atom. The van der Waals surface area contributed by atoms with E-state index in [1.165, 1.54) is 75.3 Å². The molecule has 4 saturated heterocycles. The molecule has 0 aromatic heterocycles. The van der Waals surface area contributed by atoms with Gasteiger partial charge in [0.2, 0.25) is 0 Å². The zero-order valence-electron chi connectivity index (χ0n) is 26.5. The Hall–Kier alpha value is -0.847. The summed E-state index contributed by atoms with van der Waals surface area (Å²) in [4.78, 5) is 0. The molecule has 4 heterocycles. The molecule has 2 aromatic rings. The molecule has 2 saturated carbocycles. The van der Waals surface area contributed by atoms with E-state index in [2.05, 4.69) is 83.4 Å². The molecule has 43 heavy (non-hydrogen) atoms. The quantitative estimate of drug-likeness (QED) is 0.308. The van der Waals surface area contributed by atoms with E-state index in [-0.39, 0.29) is 5.41 Å². The second-order valence-corrected chi connectivity index (χ2v) is 22.2. The number of piperidine rings is 2. The maximum absolute atomic E-state index is 6.85. The van der Waals surface area contributed by atoms with Crippen molar-refractivity contribution in [2.45, 2.75) is 134 Å². The molecule has 8 unspecified atom stereocenters. The fourth-order valence-corrected chi connectivity index (χ4v) is 20.5. The predicted octanol–water partition coefficient (Wildman–Crippen LogP) is 6.84. The second-order valence-electron chi connectivity index (χ2n) is 15.0. The fraction of sp³-hybridized carbons (Fsp3) is 0.657. The molecule has 6 aliphatic rings. The van der Waals surface area contributed by atoms with Crippen LogP contribution in [0.5, 0.6) is 11.5 Å². The van der Waals surface area contributed by atoms with Crippen LogP contribution in [-0.4, -0.2) is 78.0 Å². The van der Waals surface area contributed by atoms with Gasteiger partial charge in [0, 0.05) is 0 Å². The van der Waals surface area contributed by atoms with E-state index in [1.54, 1.807) is 0 Å². The van der Waals surface area contributed by atoms with Crippen molar-refractivity contribution >= 4 is 34.4 Å². The van der Waals surface area contributed by atoms with E-state index in [0.29, 0.717) is 36.4 Å². The van der Waals surface area contributed by atoms with Crippen LogP contribution in [0.15, 0.2) is 48.5 Å². The second kappa shape index (κ2) is 11.7. The molecule has 8 rings (SSSR count). The minimum absolute atomic E-state index is 0.194. The summed E-state index contributed by atoms with van der Waals surface area (Å²) in [5, 5.41) is 0. The zero-order valence-corrected chi connectivity index (χ0v) is 31.3. The van der Waals surface area contributed by atoms with E-state index in [9.17, 15) is 0 Å². The molecule has 0 radical (unpaired) electrons.